The number of nitrogens with one attached hydrogen (secondary N) is 2. The van der Waals surface area contributed by atoms with Gasteiger partial charge >= 0.3 is 0 Å². The van der Waals surface area contributed by atoms with E-state index in [4.69, 9.17) is 11.6 Å². The Hall–Kier alpha value is -3.34. The molecule has 0 unspecified atom stereocenters. The number of sulfonamides is 1. The number of carbonyl (C=O) groups excluding carboxylic acids is 1. The molecule has 4 rings (SSSR count). The summed E-state index contributed by atoms with van der Waals surface area (Å²) in [6, 6.07) is 19.7. The van der Waals surface area contributed by atoms with Gasteiger partial charge in [0.25, 0.3) is 21.5 Å². The first-order chi connectivity index (χ1) is 16.6. The van der Waals surface area contributed by atoms with Crippen LogP contribution in [0.2, 0.25) is 5.02 Å². The van der Waals surface area contributed by atoms with E-state index >= 15 is 0 Å². The minimum atomic E-state index is -4.30. The van der Waals surface area contributed by atoms with E-state index in [0.717, 1.165) is 4.47 Å². The molecule has 0 aliphatic carbocycles. The van der Waals surface area contributed by atoms with Crippen molar-refractivity contribution in [2.24, 2.45) is 7.05 Å². The minimum absolute atomic E-state index is 0.0872. The highest BCUT2D eigenvalue weighted by atomic mass is 79.9. The number of hydrogen-bond donors (Lipinski definition) is 2. The second-order valence-electron chi connectivity index (χ2n) is 7.65. The van der Waals surface area contributed by atoms with E-state index in [1.807, 2.05) is 6.07 Å². The molecular formula is C24H20BrClN4O4S. The maximum atomic E-state index is 13.3. The molecule has 0 radical (unpaired) electrons. The number of amides is 1. The zero-order valence-electron chi connectivity index (χ0n) is 18.6. The molecular weight excluding hydrogens is 556 g/mol. The summed E-state index contributed by atoms with van der Waals surface area (Å²) in [5.74, 6) is -0.511. The van der Waals surface area contributed by atoms with Gasteiger partial charge in [0, 0.05) is 22.8 Å². The normalized spacial score (nSPS) is 11.3. The molecule has 0 aliphatic rings. The number of hydrogen-bond acceptors (Lipinski definition) is 4. The van der Waals surface area contributed by atoms with Gasteiger partial charge in [-0.2, -0.15) is 0 Å². The van der Waals surface area contributed by atoms with E-state index < -0.39 is 21.5 Å². The summed E-state index contributed by atoms with van der Waals surface area (Å²) in [7, 11) is -2.65. The Kier molecular flexibility index (Phi) is 6.88. The van der Waals surface area contributed by atoms with Crippen molar-refractivity contribution >= 4 is 54.8 Å². The molecule has 8 nitrogen and oxygen atoms in total. The van der Waals surface area contributed by atoms with Crippen molar-refractivity contribution in [2.75, 3.05) is 10.0 Å². The van der Waals surface area contributed by atoms with Gasteiger partial charge in [-0.1, -0.05) is 45.7 Å². The zero-order chi connectivity index (χ0) is 25.3. The van der Waals surface area contributed by atoms with Crippen LogP contribution in [-0.2, 0) is 17.1 Å². The Morgan fingerprint density at radius 3 is 2.31 bits per heavy atom. The van der Waals surface area contributed by atoms with Crippen molar-refractivity contribution in [1.82, 2.24) is 9.36 Å². The minimum Gasteiger partial charge on any atom is -0.322 e. The largest absolute Gasteiger partial charge is 0.322 e. The maximum Gasteiger partial charge on any atom is 0.296 e. The summed E-state index contributed by atoms with van der Waals surface area (Å²) in [6.45, 7) is 1.63. The molecule has 4 aromatic rings. The third kappa shape index (κ3) is 5.04. The van der Waals surface area contributed by atoms with Crippen LogP contribution >= 0.6 is 27.5 Å². The van der Waals surface area contributed by atoms with Crippen LogP contribution in [0.5, 0.6) is 0 Å². The van der Waals surface area contributed by atoms with Gasteiger partial charge in [0.05, 0.1) is 16.4 Å². The number of carbonyl (C=O) groups is 1. The van der Waals surface area contributed by atoms with Crippen LogP contribution in [-0.4, -0.2) is 23.7 Å². The van der Waals surface area contributed by atoms with E-state index in [-0.39, 0.29) is 21.2 Å². The Labute approximate surface area is 215 Å². The number of rotatable bonds is 6. The first kappa shape index (κ1) is 24.8. The predicted molar refractivity (Wildman–Crippen MR) is 140 cm³/mol. The fourth-order valence-corrected chi connectivity index (χ4v) is 5.37. The third-order valence-corrected chi connectivity index (χ3v) is 7.74. The number of halogens is 2. The summed E-state index contributed by atoms with van der Waals surface area (Å²) in [5.41, 5.74) is 0.958. The molecule has 0 aliphatic heterocycles. The molecule has 0 atom stereocenters. The molecule has 0 saturated heterocycles. The van der Waals surface area contributed by atoms with E-state index in [9.17, 15) is 18.0 Å². The predicted octanol–water partition coefficient (Wildman–Crippen LogP) is 4.95. The molecule has 180 valence electrons. The van der Waals surface area contributed by atoms with Crippen LogP contribution in [0.15, 0.2) is 87.0 Å². The van der Waals surface area contributed by atoms with Crippen molar-refractivity contribution < 1.29 is 13.2 Å². The van der Waals surface area contributed by atoms with E-state index in [2.05, 4.69) is 26.0 Å². The van der Waals surface area contributed by atoms with E-state index in [0.29, 0.717) is 17.1 Å². The fourth-order valence-electron chi connectivity index (χ4n) is 3.46. The fraction of sp³-hybridized carbons (Fsp3) is 0.0833. The lowest BCUT2D eigenvalue weighted by Gasteiger charge is -2.11. The van der Waals surface area contributed by atoms with Gasteiger partial charge in [0.2, 0.25) is 0 Å². The van der Waals surface area contributed by atoms with Crippen molar-refractivity contribution in [3.8, 4) is 5.69 Å². The number of benzene rings is 3. The van der Waals surface area contributed by atoms with Crippen LogP contribution in [0.4, 0.5) is 11.4 Å². The molecule has 11 heteroatoms. The molecule has 1 heterocycles. The average molecular weight is 576 g/mol. The van der Waals surface area contributed by atoms with Gasteiger partial charge in [-0.25, -0.2) is 13.1 Å². The molecule has 0 bridgehead atoms. The highest BCUT2D eigenvalue weighted by molar-refractivity contribution is 9.10. The topological polar surface area (TPSA) is 102 Å². The molecule has 2 N–H and O–H groups in total. The second-order valence-corrected chi connectivity index (χ2v) is 10.6. The monoisotopic (exact) mass is 574 g/mol. The molecule has 0 saturated carbocycles. The van der Waals surface area contributed by atoms with Gasteiger partial charge in [-0.05, 0) is 61.5 Å². The molecule has 1 aromatic heterocycles. The quantitative estimate of drug-likeness (QED) is 0.339. The van der Waals surface area contributed by atoms with Crippen LogP contribution in [0.25, 0.3) is 5.69 Å². The van der Waals surface area contributed by atoms with E-state index in [1.165, 1.54) is 22.9 Å². The SMILES string of the molecule is Cc1c(NS(=O)(=O)c2cc(C(=O)Nc3ccc(Br)cc3)ccc2Cl)c(=O)n(-c2ccccc2)n1C. The standard InChI is InChI=1S/C24H20BrClN4O4S/c1-15-22(24(32)30(29(15)2)19-6-4-3-5-7-19)28-35(33,34)21-14-16(8-13-20(21)26)23(31)27-18-11-9-17(25)10-12-18/h3-14,28H,1-2H3,(H,27,31). The van der Waals surface area contributed by atoms with Crippen LogP contribution in [0.3, 0.4) is 0 Å². The van der Waals surface area contributed by atoms with Gasteiger partial charge in [0.1, 0.15) is 10.6 Å². The van der Waals surface area contributed by atoms with Gasteiger partial charge in [-0.3, -0.25) is 19.0 Å². The van der Waals surface area contributed by atoms with Gasteiger partial charge in [0.15, 0.2) is 0 Å². The summed E-state index contributed by atoms with van der Waals surface area (Å²) in [6.07, 6.45) is 0. The van der Waals surface area contributed by atoms with Gasteiger partial charge in [-0.15, -0.1) is 0 Å². The summed E-state index contributed by atoms with van der Waals surface area (Å²) >= 11 is 9.52. The number of anilines is 2. The van der Waals surface area contributed by atoms with Crippen LogP contribution < -0.4 is 15.6 Å². The molecule has 35 heavy (non-hydrogen) atoms. The third-order valence-electron chi connectivity index (χ3n) is 5.38. The molecule has 1 amide bonds. The number of aromatic nitrogens is 2. The van der Waals surface area contributed by atoms with Crippen molar-refractivity contribution in [3.63, 3.8) is 0 Å². The lowest BCUT2D eigenvalue weighted by atomic mass is 10.2. The number of para-hydroxylation sites is 1. The summed E-state index contributed by atoms with van der Waals surface area (Å²) < 4.78 is 32.7. The Morgan fingerprint density at radius 1 is 1.00 bits per heavy atom. The Morgan fingerprint density at radius 2 is 1.66 bits per heavy atom. The van der Waals surface area contributed by atoms with Crippen molar-refractivity contribution in [2.45, 2.75) is 11.8 Å². The average Bonchev–Trinajstić information content (AvgIpc) is 3.04. The zero-order valence-corrected chi connectivity index (χ0v) is 21.8. The molecule has 3 aromatic carbocycles. The van der Waals surface area contributed by atoms with Crippen LogP contribution in [0.1, 0.15) is 16.1 Å². The summed E-state index contributed by atoms with van der Waals surface area (Å²) in [5, 5.41) is 2.62. The summed E-state index contributed by atoms with van der Waals surface area (Å²) in [4.78, 5) is 25.5. The highest BCUT2D eigenvalue weighted by Gasteiger charge is 2.25. The lowest BCUT2D eigenvalue weighted by molar-refractivity contribution is 0.102. The van der Waals surface area contributed by atoms with E-state index in [1.54, 1.807) is 67.2 Å². The highest BCUT2D eigenvalue weighted by Crippen LogP contribution is 2.26. The molecule has 0 spiro atoms. The van der Waals surface area contributed by atoms with Crippen molar-refractivity contribution in [3.05, 3.63) is 104 Å². The smallest absolute Gasteiger partial charge is 0.296 e. The number of nitrogens with zero attached hydrogens (tertiary/aromatic N) is 2. The Bertz CT molecular complexity index is 1580. The first-order valence-electron chi connectivity index (χ1n) is 10.3. The van der Waals surface area contributed by atoms with Crippen molar-refractivity contribution in [1.29, 1.82) is 0 Å². The second kappa shape index (κ2) is 9.73. The molecule has 0 fully saturated rings. The first-order valence-corrected chi connectivity index (χ1v) is 13.0. The lowest BCUT2D eigenvalue weighted by Crippen LogP contribution is -2.23. The van der Waals surface area contributed by atoms with Crippen LogP contribution in [0, 0.1) is 6.92 Å². The maximum absolute atomic E-state index is 13.3. The Balaban J connectivity index is 1.68. The van der Waals surface area contributed by atoms with Gasteiger partial charge < -0.3 is 5.32 Å².